The van der Waals surface area contributed by atoms with E-state index in [9.17, 15) is 4.79 Å². The molecule has 1 rings (SSSR count). The van der Waals surface area contributed by atoms with Crippen LogP contribution in [0.25, 0.3) is 0 Å². The Balaban J connectivity index is 2.23. The van der Waals surface area contributed by atoms with Gasteiger partial charge in [0.2, 0.25) is 5.91 Å². The molecule has 4 heteroatoms. The second-order valence-electron chi connectivity index (χ2n) is 5.29. The number of benzene rings is 1. The van der Waals surface area contributed by atoms with Crippen LogP contribution in [0.3, 0.4) is 0 Å². The van der Waals surface area contributed by atoms with Crippen LogP contribution in [0.1, 0.15) is 32.3 Å². The van der Waals surface area contributed by atoms with Crippen molar-refractivity contribution in [2.24, 2.45) is 5.92 Å². The summed E-state index contributed by atoms with van der Waals surface area (Å²) in [4.78, 5) is 12.4. The molecule has 0 aliphatic rings. The van der Waals surface area contributed by atoms with E-state index in [-0.39, 0.29) is 5.91 Å². The molecule has 0 fully saturated rings. The van der Waals surface area contributed by atoms with E-state index < -0.39 is 0 Å². The van der Waals surface area contributed by atoms with Crippen LogP contribution >= 0.6 is 11.8 Å². The molecule has 0 aromatic heterocycles. The molecule has 2 N–H and O–H groups in total. The molecule has 0 spiro atoms. The number of amides is 1. The second kappa shape index (κ2) is 9.83. The van der Waals surface area contributed by atoms with Gasteiger partial charge in [0, 0.05) is 24.9 Å². The van der Waals surface area contributed by atoms with Gasteiger partial charge in [0.15, 0.2) is 0 Å². The lowest BCUT2D eigenvalue weighted by molar-refractivity contribution is -0.120. The molecule has 20 heavy (non-hydrogen) atoms. The highest BCUT2D eigenvalue weighted by molar-refractivity contribution is 7.99. The Hall–Kier alpha value is -1.00. The Kier molecular flexibility index (Phi) is 8.38. The van der Waals surface area contributed by atoms with Crippen LogP contribution in [-0.2, 0) is 11.3 Å². The van der Waals surface area contributed by atoms with Crippen molar-refractivity contribution in [3.8, 4) is 0 Å². The quantitative estimate of drug-likeness (QED) is 0.543. The van der Waals surface area contributed by atoms with Crippen LogP contribution in [-0.4, -0.2) is 25.3 Å². The van der Waals surface area contributed by atoms with Gasteiger partial charge in [0.05, 0.1) is 0 Å². The predicted molar refractivity (Wildman–Crippen MR) is 87.0 cm³/mol. The lowest BCUT2D eigenvalue weighted by Gasteiger charge is -2.08. The monoisotopic (exact) mass is 294 g/mol. The number of carbonyl (C=O) groups is 1. The molecule has 0 aliphatic heterocycles. The Bertz CT molecular complexity index is 390. The van der Waals surface area contributed by atoms with Crippen LogP contribution in [0.5, 0.6) is 0 Å². The fraction of sp³-hybridized carbons (Fsp3) is 0.562. The molecule has 0 bridgehead atoms. The summed E-state index contributed by atoms with van der Waals surface area (Å²) in [7, 11) is 1.68. The smallest absolute Gasteiger partial charge is 0.219 e. The average molecular weight is 294 g/mol. The Labute approximate surface area is 126 Å². The molecule has 3 nitrogen and oxygen atoms in total. The number of hydrogen-bond donors (Lipinski definition) is 2. The third-order valence-electron chi connectivity index (χ3n) is 2.90. The first-order chi connectivity index (χ1) is 9.61. The fourth-order valence-corrected chi connectivity index (χ4v) is 2.61. The van der Waals surface area contributed by atoms with E-state index in [1.54, 1.807) is 7.05 Å². The molecule has 0 saturated heterocycles. The number of thioether (sulfide) groups is 1. The summed E-state index contributed by atoms with van der Waals surface area (Å²) in [6.45, 7) is 6.41. The maximum absolute atomic E-state index is 11.1. The second-order valence-corrected chi connectivity index (χ2v) is 6.46. The maximum atomic E-state index is 11.1. The van der Waals surface area contributed by atoms with Gasteiger partial charge in [-0.1, -0.05) is 26.0 Å². The first kappa shape index (κ1) is 17.1. The van der Waals surface area contributed by atoms with Gasteiger partial charge in [-0.3, -0.25) is 4.79 Å². The van der Waals surface area contributed by atoms with Crippen LogP contribution in [0.2, 0.25) is 0 Å². The van der Waals surface area contributed by atoms with E-state index >= 15 is 0 Å². The van der Waals surface area contributed by atoms with E-state index in [0.717, 1.165) is 25.3 Å². The Morgan fingerprint density at radius 2 is 1.95 bits per heavy atom. The van der Waals surface area contributed by atoms with Gasteiger partial charge in [0.25, 0.3) is 0 Å². The first-order valence-electron chi connectivity index (χ1n) is 7.25. The third kappa shape index (κ3) is 7.56. The molecule has 0 atom stereocenters. The van der Waals surface area contributed by atoms with Gasteiger partial charge < -0.3 is 10.6 Å². The maximum Gasteiger partial charge on any atom is 0.219 e. The molecule has 1 aromatic rings. The summed E-state index contributed by atoms with van der Waals surface area (Å²) in [6, 6.07) is 8.68. The van der Waals surface area contributed by atoms with E-state index in [2.05, 4.69) is 48.7 Å². The molecule has 0 radical (unpaired) electrons. The highest BCUT2D eigenvalue weighted by Gasteiger charge is 2.00. The molecule has 1 aromatic carbocycles. The van der Waals surface area contributed by atoms with E-state index in [4.69, 9.17) is 0 Å². The molecule has 0 saturated carbocycles. The van der Waals surface area contributed by atoms with Crippen LogP contribution in [0.4, 0.5) is 0 Å². The van der Waals surface area contributed by atoms with Gasteiger partial charge in [-0.25, -0.2) is 0 Å². The van der Waals surface area contributed by atoms with E-state index in [1.165, 1.54) is 10.5 Å². The molecule has 0 unspecified atom stereocenters. The van der Waals surface area contributed by atoms with Crippen LogP contribution in [0.15, 0.2) is 29.2 Å². The van der Waals surface area contributed by atoms with Crippen molar-refractivity contribution in [2.45, 2.75) is 38.1 Å². The van der Waals surface area contributed by atoms with Crippen molar-refractivity contribution in [3.05, 3.63) is 29.8 Å². The summed E-state index contributed by atoms with van der Waals surface area (Å²) >= 11 is 1.81. The van der Waals surface area contributed by atoms with Gasteiger partial charge in [-0.2, -0.15) is 0 Å². The summed E-state index contributed by atoms with van der Waals surface area (Å²) in [6.07, 6.45) is 1.53. The highest BCUT2D eigenvalue weighted by Crippen LogP contribution is 2.19. The Morgan fingerprint density at radius 1 is 1.25 bits per heavy atom. The summed E-state index contributed by atoms with van der Waals surface area (Å²) in [5.74, 6) is 1.79. The lowest BCUT2D eigenvalue weighted by atomic mass is 10.2. The Morgan fingerprint density at radius 3 is 2.55 bits per heavy atom. The molecule has 0 heterocycles. The topological polar surface area (TPSA) is 41.1 Å². The third-order valence-corrected chi connectivity index (χ3v) is 4.00. The zero-order chi connectivity index (χ0) is 14.8. The predicted octanol–water partition coefficient (Wildman–Crippen LogP) is 3.05. The molecular formula is C16H26N2OS. The largest absolute Gasteiger partial charge is 0.359 e. The van der Waals surface area contributed by atoms with Gasteiger partial charge in [-0.05, 0) is 42.3 Å². The molecule has 112 valence electrons. The van der Waals surface area contributed by atoms with E-state index in [1.807, 2.05) is 11.8 Å². The summed E-state index contributed by atoms with van der Waals surface area (Å²) < 4.78 is 0. The lowest BCUT2D eigenvalue weighted by Crippen LogP contribution is -2.18. The van der Waals surface area contributed by atoms with Crippen LogP contribution in [0, 0.1) is 5.92 Å². The minimum Gasteiger partial charge on any atom is -0.359 e. The molecular weight excluding hydrogens is 268 g/mol. The zero-order valence-corrected chi connectivity index (χ0v) is 13.6. The van der Waals surface area contributed by atoms with Gasteiger partial charge in [0.1, 0.15) is 0 Å². The fourth-order valence-electron chi connectivity index (χ4n) is 1.76. The summed E-state index contributed by atoms with van der Waals surface area (Å²) in [5.41, 5.74) is 1.32. The zero-order valence-electron chi connectivity index (χ0n) is 12.7. The van der Waals surface area contributed by atoms with E-state index in [0.29, 0.717) is 12.3 Å². The number of nitrogens with one attached hydrogen (secondary N) is 2. The summed E-state index contributed by atoms with van der Waals surface area (Å²) in [5, 5.41) is 6.08. The van der Waals surface area contributed by atoms with Crippen molar-refractivity contribution in [2.75, 3.05) is 19.3 Å². The highest BCUT2D eigenvalue weighted by atomic mass is 32.2. The normalized spacial score (nSPS) is 10.8. The number of rotatable bonds is 9. The number of carbonyl (C=O) groups excluding carboxylic acids is 1. The average Bonchev–Trinajstić information content (AvgIpc) is 2.44. The van der Waals surface area contributed by atoms with Crippen molar-refractivity contribution < 1.29 is 4.79 Å². The van der Waals surface area contributed by atoms with Gasteiger partial charge in [-0.15, -0.1) is 11.8 Å². The van der Waals surface area contributed by atoms with Crippen molar-refractivity contribution in [3.63, 3.8) is 0 Å². The number of hydrogen-bond acceptors (Lipinski definition) is 3. The van der Waals surface area contributed by atoms with Crippen molar-refractivity contribution in [1.29, 1.82) is 0 Å². The van der Waals surface area contributed by atoms with Crippen LogP contribution < -0.4 is 10.6 Å². The minimum absolute atomic E-state index is 0.122. The first-order valence-corrected chi connectivity index (χ1v) is 8.23. The standard InChI is InChI=1S/C16H26N2OS/c1-13(2)11-18-12-14-6-8-15(9-7-14)20-10-4-5-16(19)17-3/h6-9,13,18H,4-5,10-12H2,1-3H3,(H,17,19). The van der Waals surface area contributed by atoms with Crippen molar-refractivity contribution >= 4 is 17.7 Å². The minimum atomic E-state index is 0.122. The van der Waals surface area contributed by atoms with Gasteiger partial charge >= 0.3 is 0 Å². The molecule has 0 aliphatic carbocycles. The SMILES string of the molecule is CNC(=O)CCCSc1ccc(CNCC(C)C)cc1. The molecule has 1 amide bonds. The van der Waals surface area contributed by atoms with Crippen molar-refractivity contribution in [1.82, 2.24) is 10.6 Å².